The minimum Gasteiger partial charge on any atom is -0.355 e. The molecule has 0 aliphatic carbocycles. The quantitative estimate of drug-likeness (QED) is 0.753. The second-order valence-corrected chi connectivity index (χ2v) is 6.19. The van der Waals surface area contributed by atoms with E-state index in [1.54, 1.807) is 0 Å². The summed E-state index contributed by atoms with van der Waals surface area (Å²) in [6.45, 7) is 10.00. The summed E-state index contributed by atoms with van der Waals surface area (Å²) in [5.41, 5.74) is 0. The van der Waals surface area contributed by atoms with Gasteiger partial charge in [-0.15, -0.1) is 0 Å². The molecule has 1 unspecified atom stereocenters. The number of rotatable bonds is 5. The van der Waals surface area contributed by atoms with Crippen molar-refractivity contribution in [3.05, 3.63) is 0 Å². The number of carbonyl (C=O) groups excluding carboxylic acids is 2. The van der Waals surface area contributed by atoms with Crippen molar-refractivity contribution in [3.8, 4) is 0 Å². The lowest BCUT2D eigenvalue weighted by Crippen LogP contribution is -2.53. The summed E-state index contributed by atoms with van der Waals surface area (Å²) in [5, 5.41) is 2.79. The number of amides is 2. The number of carbonyl (C=O) groups is 2. The third-order valence-corrected chi connectivity index (χ3v) is 4.70. The Morgan fingerprint density at radius 3 is 2.26 bits per heavy atom. The largest absolute Gasteiger partial charge is 0.355 e. The van der Waals surface area contributed by atoms with Gasteiger partial charge in [0.05, 0.1) is 11.4 Å². The van der Waals surface area contributed by atoms with Crippen LogP contribution in [0.15, 0.2) is 0 Å². The van der Waals surface area contributed by atoms with Gasteiger partial charge >= 0.3 is 0 Å². The first-order valence-electron chi connectivity index (χ1n) is 6.87. The summed E-state index contributed by atoms with van der Waals surface area (Å²) in [6.07, 6.45) is 0. The van der Waals surface area contributed by atoms with Gasteiger partial charge in [-0.05, 0) is 12.8 Å². The molecule has 110 valence electrons. The Labute approximate surface area is 123 Å². The van der Waals surface area contributed by atoms with Crippen molar-refractivity contribution in [2.45, 2.75) is 25.6 Å². The molecule has 0 bridgehead atoms. The maximum atomic E-state index is 12.2. The highest BCUT2D eigenvalue weighted by molar-refractivity contribution is 9.10. The van der Waals surface area contributed by atoms with Gasteiger partial charge in [0.15, 0.2) is 0 Å². The molecule has 19 heavy (non-hydrogen) atoms. The van der Waals surface area contributed by atoms with Crippen LogP contribution in [0.1, 0.15) is 20.8 Å². The molecular formula is C13H24BrN3O2. The van der Waals surface area contributed by atoms with E-state index < -0.39 is 0 Å². The van der Waals surface area contributed by atoms with Crippen LogP contribution < -0.4 is 5.32 Å². The molecule has 0 radical (unpaired) electrons. The zero-order valence-electron chi connectivity index (χ0n) is 12.0. The molecule has 1 N–H and O–H groups in total. The Balaban J connectivity index is 2.36. The van der Waals surface area contributed by atoms with E-state index in [0.717, 1.165) is 13.1 Å². The number of nitrogens with zero attached hydrogens (tertiary/aromatic N) is 2. The van der Waals surface area contributed by atoms with E-state index in [-0.39, 0.29) is 16.6 Å². The first-order valence-corrected chi connectivity index (χ1v) is 7.79. The maximum Gasteiger partial charge on any atom is 0.236 e. The van der Waals surface area contributed by atoms with Crippen molar-refractivity contribution >= 4 is 27.7 Å². The molecule has 1 aliphatic rings. The molecule has 0 aromatic rings. The molecule has 1 rings (SSSR count). The van der Waals surface area contributed by atoms with Gasteiger partial charge in [0.1, 0.15) is 0 Å². The molecule has 1 saturated heterocycles. The SMILES string of the molecule is CCNC(=O)CN1CCN(C(=O)C(Br)C(C)C)CC1. The van der Waals surface area contributed by atoms with E-state index in [1.807, 2.05) is 25.7 Å². The molecular weight excluding hydrogens is 310 g/mol. The van der Waals surface area contributed by atoms with Crippen LogP contribution in [0.2, 0.25) is 0 Å². The third-order valence-electron chi connectivity index (χ3n) is 3.25. The second kappa shape index (κ2) is 7.85. The predicted octanol–water partition coefficient (Wildman–Crippen LogP) is 0.686. The minimum atomic E-state index is -0.109. The van der Waals surface area contributed by atoms with Crippen molar-refractivity contribution in [1.82, 2.24) is 15.1 Å². The van der Waals surface area contributed by atoms with Gasteiger partial charge in [0, 0.05) is 32.7 Å². The Morgan fingerprint density at radius 1 is 1.21 bits per heavy atom. The molecule has 1 heterocycles. The first-order chi connectivity index (χ1) is 8.95. The Bertz CT molecular complexity index is 315. The fourth-order valence-corrected chi connectivity index (χ4v) is 2.33. The van der Waals surface area contributed by atoms with E-state index in [0.29, 0.717) is 32.1 Å². The zero-order chi connectivity index (χ0) is 14.4. The van der Waals surface area contributed by atoms with Crippen molar-refractivity contribution in [2.24, 2.45) is 5.92 Å². The average molecular weight is 334 g/mol. The molecule has 1 aliphatic heterocycles. The minimum absolute atomic E-state index is 0.0582. The van der Waals surface area contributed by atoms with Gasteiger partial charge < -0.3 is 10.2 Å². The number of hydrogen-bond donors (Lipinski definition) is 1. The van der Waals surface area contributed by atoms with Crippen molar-refractivity contribution < 1.29 is 9.59 Å². The van der Waals surface area contributed by atoms with Crippen LogP contribution >= 0.6 is 15.9 Å². The highest BCUT2D eigenvalue weighted by Crippen LogP contribution is 2.16. The predicted molar refractivity (Wildman–Crippen MR) is 79.3 cm³/mol. The third kappa shape index (κ3) is 5.10. The zero-order valence-corrected chi connectivity index (χ0v) is 13.6. The standard InChI is InChI=1S/C13H24BrN3O2/c1-4-15-11(18)9-16-5-7-17(8-6-16)13(19)12(14)10(2)3/h10,12H,4-9H2,1-3H3,(H,15,18). The molecule has 1 fully saturated rings. The monoisotopic (exact) mass is 333 g/mol. The Kier molecular flexibility index (Phi) is 6.79. The van der Waals surface area contributed by atoms with Crippen LogP contribution in [0.25, 0.3) is 0 Å². The first kappa shape index (κ1) is 16.4. The van der Waals surface area contributed by atoms with E-state index in [9.17, 15) is 9.59 Å². The molecule has 1 atom stereocenters. The molecule has 0 saturated carbocycles. The molecule has 2 amide bonds. The smallest absolute Gasteiger partial charge is 0.236 e. The number of likely N-dealkylation sites (N-methyl/N-ethyl adjacent to an activating group) is 1. The van der Waals surface area contributed by atoms with E-state index in [2.05, 4.69) is 26.1 Å². The fourth-order valence-electron chi connectivity index (χ4n) is 2.04. The second-order valence-electron chi connectivity index (χ2n) is 5.20. The normalized spacial score (nSPS) is 18.5. The lowest BCUT2D eigenvalue weighted by atomic mass is 10.1. The fraction of sp³-hybridized carbons (Fsp3) is 0.846. The van der Waals surface area contributed by atoms with Gasteiger partial charge in [0.25, 0.3) is 0 Å². The average Bonchev–Trinajstić information content (AvgIpc) is 2.38. The number of alkyl halides is 1. The molecule has 0 spiro atoms. The topological polar surface area (TPSA) is 52.7 Å². The van der Waals surface area contributed by atoms with Crippen LogP contribution in [0.3, 0.4) is 0 Å². The van der Waals surface area contributed by atoms with Gasteiger partial charge in [-0.25, -0.2) is 0 Å². The van der Waals surface area contributed by atoms with Crippen molar-refractivity contribution in [1.29, 1.82) is 0 Å². The summed E-state index contributed by atoms with van der Waals surface area (Å²) >= 11 is 3.45. The van der Waals surface area contributed by atoms with E-state index in [1.165, 1.54) is 0 Å². The number of nitrogens with one attached hydrogen (secondary N) is 1. The summed E-state index contributed by atoms with van der Waals surface area (Å²) in [7, 11) is 0. The lowest BCUT2D eigenvalue weighted by molar-refractivity contribution is -0.133. The van der Waals surface area contributed by atoms with Crippen LogP contribution in [0, 0.1) is 5.92 Å². The van der Waals surface area contributed by atoms with E-state index >= 15 is 0 Å². The Hall–Kier alpha value is -0.620. The molecule has 5 nitrogen and oxygen atoms in total. The maximum absolute atomic E-state index is 12.2. The van der Waals surface area contributed by atoms with Gasteiger partial charge in [-0.1, -0.05) is 29.8 Å². The van der Waals surface area contributed by atoms with Gasteiger partial charge in [-0.2, -0.15) is 0 Å². The Morgan fingerprint density at radius 2 is 1.79 bits per heavy atom. The summed E-state index contributed by atoms with van der Waals surface area (Å²) < 4.78 is 0. The highest BCUT2D eigenvalue weighted by Gasteiger charge is 2.27. The number of hydrogen-bond acceptors (Lipinski definition) is 3. The molecule has 0 aromatic carbocycles. The van der Waals surface area contributed by atoms with Crippen molar-refractivity contribution in [2.75, 3.05) is 39.3 Å². The van der Waals surface area contributed by atoms with Gasteiger partial charge in [0.2, 0.25) is 11.8 Å². The van der Waals surface area contributed by atoms with Crippen molar-refractivity contribution in [3.63, 3.8) is 0 Å². The van der Waals surface area contributed by atoms with Crippen LogP contribution in [0.4, 0.5) is 0 Å². The number of piperazine rings is 1. The molecule has 6 heteroatoms. The van der Waals surface area contributed by atoms with E-state index in [4.69, 9.17) is 0 Å². The summed E-state index contributed by atoms with van der Waals surface area (Å²) in [5.74, 6) is 0.511. The molecule has 0 aromatic heterocycles. The van der Waals surface area contributed by atoms with Crippen LogP contribution in [-0.4, -0.2) is 65.7 Å². The summed E-state index contributed by atoms with van der Waals surface area (Å²) in [6, 6.07) is 0. The van der Waals surface area contributed by atoms with Gasteiger partial charge in [-0.3, -0.25) is 14.5 Å². The highest BCUT2D eigenvalue weighted by atomic mass is 79.9. The number of halogens is 1. The summed E-state index contributed by atoms with van der Waals surface area (Å²) in [4.78, 5) is 27.5. The lowest BCUT2D eigenvalue weighted by Gasteiger charge is -2.35. The van der Waals surface area contributed by atoms with Crippen LogP contribution in [-0.2, 0) is 9.59 Å². The van der Waals surface area contributed by atoms with Crippen LogP contribution in [0.5, 0.6) is 0 Å².